The average molecular weight is 210 g/mol. The Hall–Kier alpha value is -1.32. The van der Waals surface area contributed by atoms with Crippen molar-refractivity contribution < 1.29 is 9.59 Å². The smallest absolute Gasteiger partial charge is 0.246 e. The Balaban J connectivity index is 2.78. The molecule has 1 fully saturated rings. The van der Waals surface area contributed by atoms with Gasteiger partial charge in [-0.2, -0.15) is 0 Å². The van der Waals surface area contributed by atoms with Gasteiger partial charge in [-0.3, -0.25) is 9.59 Å². The molecule has 1 aliphatic rings. The van der Waals surface area contributed by atoms with E-state index in [2.05, 4.69) is 11.9 Å². The molecule has 4 heteroatoms. The second-order valence-electron chi connectivity index (χ2n) is 3.81. The minimum atomic E-state index is -0.386. The zero-order valence-corrected chi connectivity index (χ0v) is 9.32. The van der Waals surface area contributed by atoms with Crippen LogP contribution in [0.5, 0.6) is 0 Å². The van der Waals surface area contributed by atoms with Crippen molar-refractivity contribution in [1.82, 2.24) is 10.2 Å². The molecule has 2 atom stereocenters. The molecule has 2 amide bonds. The molecule has 1 saturated heterocycles. The first-order chi connectivity index (χ1) is 7.11. The number of nitrogens with one attached hydrogen (secondary N) is 1. The number of piperazine rings is 1. The Bertz CT molecular complexity index is 276. The maximum Gasteiger partial charge on any atom is 0.246 e. The zero-order chi connectivity index (χ0) is 11.4. The fourth-order valence-electron chi connectivity index (χ4n) is 1.76. The molecule has 1 aliphatic heterocycles. The van der Waals surface area contributed by atoms with Crippen molar-refractivity contribution in [2.75, 3.05) is 6.54 Å². The van der Waals surface area contributed by atoms with Crippen molar-refractivity contribution in [3.63, 3.8) is 0 Å². The summed E-state index contributed by atoms with van der Waals surface area (Å²) in [7, 11) is 0. The fourth-order valence-corrected chi connectivity index (χ4v) is 1.76. The number of hydrogen-bond donors (Lipinski definition) is 1. The van der Waals surface area contributed by atoms with Gasteiger partial charge in [0, 0.05) is 6.54 Å². The summed E-state index contributed by atoms with van der Waals surface area (Å²) in [5.41, 5.74) is 0. The lowest BCUT2D eigenvalue weighted by atomic mass is 10.0. The van der Waals surface area contributed by atoms with E-state index in [9.17, 15) is 9.59 Å². The van der Waals surface area contributed by atoms with Gasteiger partial charge in [-0.25, -0.2) is 0 Å². The minimum absolute atomic E-state index is 0.00356. The van der Waals surface area contributed by atoms with Gasteiger partial charge >= 0.3 is 0 Å². The maximum atomic E-state index is 11.9. The molecule has 0 aromatic carbocycles. The SMILES string of the molecule is C=CCN1C(=O)C(CCC)NC(=O)C1C. The maximum absolute atomic E-state index is 11.9. The van der Waals surface area contributed by atoms with Crippen LogP contribution in [-0.2, 0) is 9.59 Å². The molecule has 1 heterocycles. The van der Waals surface area contributed by atoms with Crippen molar-refractivity contribution >= 4 is 11.8 Å². The van der Waals surface area contributed by atoms with Crippen LogP contribution in [0.25, 0.3) is 0 Å². The third-order valence-corrected chi connectivity index (χ3v) is 2.65. The minimum Gasteiger partial charge on any atom is -0.343 e. The summed E-state index contributed by atoms with van der Waals surface area (Å²) in [6.45, 7) is 7.76. The van der Waals surface area contributed by atoms with Gasteiger partial charge in [0.25, 0.3) is 0 Å². The molecule has 0 radical (unpaired) electrons. The number of hydrogen-bond acceptors (Lipinski definition) is 2. The molecule has 0 saturated carbocycles. The van der Waals surface area contributed by atoms with Crippen LogP contribution in [0.4, 0.5) is 0 Å². The number of rotatable bonds is 4. The van der Waals surface area contributed by atoms with Gasteiger partial charge in [-0.15, -0.1) is 6.58 Å². The topological polar surface area (TPSA) is 49.4 Å². The normalized spacial score (nSPS) is 26.4. The van der Waals surface area contributed by atoms with Crippen LogP contribution in [0.2, 0.25) is 0 Å². The van der Waals surface area contributed by atoms with E-state index in [-0.39, 0.29) is 23.9 Å². The molecule has 0 aromatic rings. The van der Waals surface area contributed by atoms with Crippen molar-refractivity contribution in [2.45, 2.75) is 38.8 Å². The predicted octanol–water partition coefficient (Wildman–Crippen LogP) is 0.688. The van der Waals surface area contributed by atoms with E-state index in [1.54, 1.807) is 17.9 Å². The van der Waals surface area contributed by atoms with Gasteiger partial charge in [-0.1, -0.05) is 19.4 Å². The highest BCUT2D eigenvalue weighted by Gasteiger charge is 2.36. The van der Waals surface area contributed by atoms with Crippen LogP contribution in [-0.4, -0.2) is 35.3 Å². The fraction of sp³-hybridized carbons (Fsp3) is 0.636. The van der Waals surface area contributed by atoms with E-state index in [0.717, 1.165) is 6.42 Å². The third-order valence-electron chi connectivity index (χ3n) is 2.65. The molecule has 1 rings (SSSR count). The van der Waals surface area contributed by atoms with Crippen LogP contribution in [0.1, 0.15) is 26.7 Å². The predicted molar refractivity (Wildman–Crippen MR) is 58.2 cm³/mol. The first kappa shape index (κ1) is 11.8. The molecular formula is C11H18N2O2. The lowest BCUT2D eigenvalue weighted by Gasteiger charge is -2.36. The molecular weight excluding hydrogens is 192 g/mol. The summed E-state index contributed by atoms with van der Waals surface area (Å²) in [5, 5.41) is 2.74. The Morgan fingerprint density at radius 2 is 2.20 bits per heavy atom. The standard InChI is InChI=1S/C11H18N2O2/c1-4-6-9-11(15)13(7-5-2)8(3)10(14)12-9/h5,8-9H,2,4,6-7H2,1,3H3,(H,12,14). The summed E-state index contributed by atoms with van der Waals surface area (Å²) in [6.07, 6.45) is 3.23. The van der Waals surface area contributed by atoms with Crippen LogP contribution in [0.3, 0.4) is 0 Å². The lowest BCUT2D eigenvalue weighted by molar-refractivity contribution is -0.148. The van der Waals surface area contributed by atoms with E-state index < -0.39 is 0 Å². The number of carbonyl (C=O) groups is 2. The van der Waals surface area contributed by atoms with Crippen molar-refractivity contribution in [3.8, 4) is 0 Å². The molecule has 84 valence electrons. The highest BCUT2D eigenvalue weighted by atomic mass is 16.2. The summed E-state index contributed by atoms with van der Waals surface area (Å²) in [4.78, 5) is 25.1. The van der Waals surface area contributed by atoms with Crippen LogP contribution in [0, 0.1) is 0 Å². The Morgan fingerprint density at radius 1 is 1.53 bits per heavy atom. The quantitative estimate of drug-likeness (QED) is 0.694. The Kier molecular flexibility index (Phi) is 3.88. The van der Waals surface area contributed by atoms with Gasteiger partial charge in [0.15, 0.2) is 0 Å². The van der Waals surface area contributed by atoms with E-state index in [1.807, 2.05) is 6.92 Å². The Labute approximate surface area is 90.3 Å². The lowest BCUT2D eigenvalue weighted by Crippen LogP contribution is -2.62. The van der Waals surface area contributed by atoms with Crippen molar-refractivity contribution in [1.29, 1.82) is 0 Å². The number of carbonyl (C=O) groups excluding carboxylic acids is 2. The zero-order valence-electron chi connectivity index (χ0n) is 9.32. The molecule has 4 nitrogen and oxygen atoms in total. The second-order valence-corrected chi connectivity index (χ2v) is 3.81. The highest BCUT2D eigenvalue weighted by molar-refractivity contribution is 5.96. The molecule has 0 aliphatic carbocycles. The van der Waals surface area contributed by atoms with Gasteiger partial charge in [0.1, 0.15) is 12.1 Å². The van der Waals surface area contributed by atoms with E-state index in [0.29, 0.717) is 13.0 Å². The van der Waals surface area contributed by atoms with E-state index >= 15 is 0 Å². The summed E-state index contributed by atoms with van der Waals surface area (Å²) in [5.74, 6) is -0.0706. The summed E-state index contributed by atoms with van der Waals surface area (Å²) in [6, 6.07) is -0.734. The summed E-state index contributed by atoms with van der Waals surface area (Å²) >= 11 is 0. The van der Waals surface area contributed by atoms with Crippen molar-refractivity contribution in [3.05, 3.63) is 12.7 Å². The van der Waals surface area contributed by atoms with Gasteiger partial charge in [0.05, 0.1) is 0 Å². The van der Waals surface area contributed by atoms with Crippen LogP contribution >= 0.6 is 0 Å². The molecule has 15 heavy (non-hydrogen) atoms. The largest absolute Gasteiger partial charge is 0.343 e. The van der Waals surface area contributed by atoms with Gasteiger partial charge in [0.2, 0.25) is 11.8 Å². The van der Waals surface area contributed by atoms with Crippen molar-refractivity contribution in [2.24, 2.45) is 0 Å². The average Bonchev–Trinajstić information content (AvgIpc) is 2.21. The summed E-state index contributed by atoms with van der Waals surface area (Å²) < 4.78 is 0. The highest BCUT2D eigenvalue weighted by Crippen LogP contribution is 2.12. The molecule has 0 bridgehead atoms. The van der Waals surface area contributed by atoms with E-state index in [4.69, 9.17) is 0 Å². The molecule has 2 unspecified atom stereocenters. The number of amides is 2. The van der Waals surface area contributed by atoms with Gasteiger partial charge in [-0.05, 0) is 13.3 Å². The molecule has 0 spiro atoms. The molecule has 0 aromatic heterocycles. The first-order valence-electron chi connectivity index (χ1n) is 5.33. The monoisotopic (exact) mass is 210 g/mol. The third kappa shape index (κ3) is 2.37. The number of nitrogens with zero attached hydrogens (tertiary/aromatic N) is 1. The van der Waals surface area contributed by atoms with E-state index in [1.165, 1.54) is 0 Å². The second kappa shape index (κ2) is 4.96. The van der Waals surface area contributed by atoms with Gasteiger partial charge < -0.3 is 10.2 Å². The Morgan fingerprint density at radius 3 is 2.73 bits per heavy atom. The first-order valence-corrected chi connectivity index (χ1v) is 5.33. The molecule has 1 N–H and O–H groups in total. The van der Waals surface area contributed by atoms with Crippen LogP contribution in [0.15, 0.2) is 12.7 Å². The van der Waals surface area contributed by atoms with Crippen LogP contribution < -0.4 is 5.32 Å².